The van der Waals surface area contributed by atoms with Crippen LogP contribution in [0.1, 0.15) is 27.4 Å². The molecule has 0 aliphatic rings. The molecule has 2 amide bonds. The first kappa shape index (κ1) is 19.6. The van der Waals surface area contributed by atoms with Crippen LogP contribution in [0.15, 0.2) is 46.4 Å². The van der Waals surface area contributed by atoms with Crippen molar-refractivity contribution in [3.05, 3.63) is 64.6 Å². The molecule has 0 atom stereocenters. The summed E-state index contributed by atoms with van der Waals surface area (Å²) in [5.41, 5.74) is 2.66. The van der Waals surface area contributed by atoms with E-state index in [0.29, 0.717) is 17.4 Å². The molecular weight excluding hydrogens is 378 g/mol. The molecule has 0 aliphatic carbocycles. The van der Waals surface area contributed by atoms with E-state index in [-0.39, 0.29) is 24.0 Å². The highest BCUT2D eigenvalue weighted by Crippen LogP contribution is 2.22. The zero-order valence-electron chi connectivity index (χ0n) is 15.9. The highest BCUT2D eigenvalue weighted by molar-refractivity contribution is 7.14. The molecule has 0 spiro atoms. The quantitative estimate of drug-likeness (QED) is 0.657. The van der Waals surface area contributed by atoms with Gasteiger partial charge in [-0.1, -0.05) is 17.7 Å². The molecule has 0 saturated carbocycles. The fourth-order valence-electron chi connectivity index (χ4n) is 2.68. The van der Waals surface area contributed by atoms with Gasteiger partial charge in [-0.25, -0.2) is 4.98 Å². The summed E-state index contributed by atoms with van der Waals surface area (Å²) in [7, 11) is 3.36. The number of anilines is 1. The lowest BCUT2D eigenvalue weighted by atomic mass is 10.1. The highest BCUT2D eigenvalue weighted by atomic mass is 32.1. The van der Waals surface area contributed by atoms with Crippen molar-refractivity contribution in [2.45, 2.75) is 19.9 Å². The maximum absolute atomic E-state index is 12.6. The molecule has 1 N–H and O–H groups in total. The summed E-state index contributed by atoms with van der Waals surface area (Å²) in [6.07, 6.45) is 1.58. The third-order valence-corrected chi connectivity index (χ3v) is 4.93. The third-order valence-electron chi connectivity index (χ3n) is 4.12. The predicted molar refractivity (Wildman–Crippen MR) is 107 cm³/mol. The van der Waals surface area contributed by atoms with E-state index in [1.807, 2.05) is 25.1 Å². The molecule has 0 fully saturated rings. The summed E-state index contributed by atoms with van der Waals surface area (Å²) in [6.45, 7) is 2.44. The van der Waals surface area contributed by atoms with Crippen LogP contribution in [0.5, 0.6) is 5.75 Å². The van der Waals surface area contributed by atoms with E-state index in [9.17, 15) is 9.59 Å². The van der Waals surface area contributed by atoms with Crippen LogP contribution in [0.25, 0.3) is 0 Å². The van der Waals surface area contributed by atoms with Gasteiger partial charge in [0.25, 0.3) is 5.91 Å². The number of thiazole rings is 1. The van der Waals surface area contributed by atoms with Gasteiger partial charge in [-0.05, 0) is 25.1 Å². The summed E-state index contributed by atoms with van der Waals surface area (Å²) < 4.78 is 10.4. The Balaban J connectivity index is 1.59. The average Bonchev–Trinajstić information content (AvgIpc) is 3.34. The lowest BCUT2D eigenvalue weighted by molar-refractivity contribution is -0.129. The van der Waals surface area contributed by atoms with Crippen LogP contribution in [-0.2, 0) is 17.8 Å². The summed E-state index contributed by atoms with van der Waals surface area (Å²) in [5, 5.41) is 4.85. The van der Waals surface area contributed by atoms with E-state index >= 15 is 0 Å². The Morgan fingerprint density at radius 2 is 2.14 bits per heavy atom. The summed E-state index contributed by atoms with van der Waals surface area (Å²) >= 11 is 1.27. The number of rotatable bonds is 7. The van der Waals surface area contributed by atoms with Gasteiger partial charge in [0, 0.05) is 24.5 Å². The van der Waals surface area contributed by atoms with Crippen LogP contribution in [0.2, 0.25) is 0 Å². The largest absolute Gasteiger partial charge is 0.496 e. The van der Waals surface area contributed by atoms with Crippen molar-refractivity contribution in [3.8, 4) is 5.75 Å². The second kappa shape index (κ2) is 8.71. The van der Waals surface area contributed by atoms with Crippen molar-refractivity contribution in [3.63, 3.8) is 0 Å². The molecule has 2 aromatic heterocycles. The molecule has 0 unspecified atom stereocenters. The first-order valence-corrected chi connectivity index (χ1v) is 9.51. The van der Waals surface area contributed by atoms with E-state index < -0.39 is 0 Å². The Morgan fingerprint density at radius 1 is 1.32 bits per heavy atom. The number of carbonyl (C=O) groups is 2. The van der Waals surface area contributed by atoms with Gasteiger partial charge in [0.05, 0.1) is 25.5 Å². The molecule has 1 aromatic carbocycles. The second-order valence-corrected chi connectivity index (χ2v) is 7.18. The minimum Gasteiger partial charge on any atom is -0.496 e. The van der Waals surface area contributed by atoms with Crippen molar-refractivity contribution >= 4 is 28.3 Å². The molecule has 2 heterocycles. The Bertz CT molecular complexity index is 966. The molecule has 146 valence electrons. The molecule has 0 bridgehead atoms. The monoisotopic (exact) mass is 399 g/mol. The number of nitrogens with zero attached hydrogens (tertiary/aromatic N) is 2. The number of likely N-dealkylation sites (N-methyl/N-ethyl adjacent to an activating group) is 1. The number of furan rings is 1. The lowest BCUT2D eigenvalue weighted by Crippen LogP contribution is -2.28. The maximum atomic E-state index is 12.6. The smallest absolute Gasteiger partial charge is 0.293 e. The predicted octanol–water partition coefficient (Wildman–Crippen LogP) is 3.51. The third kappa shape index (κ3) is 4.77. The van der Waals surface area contributed by atoms with Gasteiger partial charge in [0.15, 0.2) is 10.9 Å². The Kier molecular flexibility index (Phi) is 6.10. The fraction of sp³-hybridized carbons (Fsp3) is 0.250. The first-order valence-electron chi connectivity index (χ1n) is 8.63. The highest BCUT2D eigenvalue weighted by Gasteiger charge is 2.16. The van der Waals surface area contributed by atoms with E-state index in [0.717, 1.165) is 16.9 Å². The Hall–Kier alpha value is -3.13. The van der Waals surface area contributed by atoms with Crippen molar-refractivity contribution in [2.24, 2.45) is 0 Å². The molecule has 0 aliphatic heterocycles. The molecule has 0 radical (unpaired) electrons. The fourth-order valence-corrected chi connectivity index (χ4v) is 3.38. The Labute approximate surface area is 167 Å². The van der Waals surface area contributed by atoms with Crippen LogP contribution in [0, 0.1) is 6.92 Å². The van der Waals surface area contributed by atoms with Gasteiger partial charge in [0.2, 0.25) is 5.91 Å². The van der Waals surface area contributed by atoms with E-state index in [1.165, 1.54) is 17.6 Å². The van der Waals surface area contributed by atoms with Gasteiger partial charge in [-0.3, -0.25) is 14.9 Å². The normalized spacial score (nSPS) is 10.5. The maximum Gasteiger partial charge on any atom is 0.293 e. The summed E-state index contributed by atoms with van der Waals surface area (Å²) in [4.78, 5) is 30.5. The number of benzene rings is 1. The van der Waals surface area contributed by atoms with E-state index in [1.54, 1.807) is 36.6 Å². The Morgan fingerprint density at radius 3 is 2.86 bits per heavy atom. The van der Waals surface area contributed by atoms with Gasteiger partial charge >= 0.3 is 0 Å². The average molecular weight is 399 g/mol. The number of hydrogen-bond acceptors (Lipinski definition) is 6. The zero-order chi connectivity index (χ0) is 20.1. The van der Waals surface area contributed by atoms with Crippen molar-refractivity contribution < 1.29 is 18.7 Å². The van der Waals surface area contributed by atoms with Crippen LogP contribution >= 0.6 is 11.3 Å². The molecule has 3 aromatic rings. The topological polar surface area (TPSA) is 84.7 Å². The van der Waals surface area contributed by atoms with Crippen molar-refractivity contribution in [1.29, 1.82) is 0 Å². The van der Waals surface area contributed by atoms with E-state index in [2.05, 4.69) is 10.3 Å². The number of aryl methyl sites for hydroxylation is 1. The molecule has 0 saturated heterocycles. The van der Waals surface area contributed by atoms with Gasteiger partial charge in [0.1, 0.15) is 5.75 Å². The number of carbonyl (C=O) groups excluding carboxylic acids is 2. The van der Waals surface area contributed by atoms with Gasteiger partial charge in [-0.15, -0.1) is 11.3 Å². The summed E-state index contributed by atoms with van der Waals surface area (Å²) in [6, 6.07) is 9.09. The van der Waals surface area contributed by atoms with Crippen molar-refractivity contribution in [1.82, 2.24) is 9.88 Å². The van der Waals surface area contributed by atoms with Gasteiger partial charge in [-0.2, -0.15) is 0 Å². The minimum absolute atomic E-state index is 0.0715. The number of ether oxygens (including phenoxy) is 1. The SMILES string of the molecule is COc1ccc(C)cc1CN(C)C(=O)Cc1csc(NC(=O)c2ccco2)n1. The number of hydrogen-bond donors (Lipinski definition) is 1. The molecular formula is C20H21N3O4S. The van der Waals surface area contributed by atoms with Crippen LogP contribution < -0.4 is 10.1 Å². The van der Waals surface area contributed by atoms with Crippen LogP contribution in [-0.4, -0.2) is 35.9 Å². The van der Waals surface area contributed by atoms with E-state index in [4.69, 9.17) is 9.15 Å². The number of aromatic nitrogens is 1. The standard InChI is InChI=1S/C20H21N3O4S/c1-13-6-7-16(26-3)14(9-13)11-23(2)18(24)10-15-12-28-20(21-15)22-19(25)17-5-4-8-27-17/h4-9,12H,10-11H2,1-3H3,(H,21,22,25). The first-order chi connectivity index (χ1) is 13.5. The number of methoxy groups -OCH3 is 1. The second-order valence-electron chi connectivity index (χ2n) is 6.32. The van der Waals surface area contributed by atoms with Crippen molar-refractivity contribution in [2.75, 3.05) is 19.5 Å². The van der Waals surface area contributed by atoms with Crippen LogP contribution in [0.3, 0.4) is 0 Å². The molecule has 8 heteroatoms. The van der Waals surface area contributed by atoms with Crippen LogP contribution in [0.4, 0.5) is 5.13 Å². The molecule has 7 nitrogen and oxygen atoms in total. The lowest BCUT2D eigenvalue weighted by Gasteiger charge is -2.19. The molecule has 28 heavy (non-hydrogen) atoms. The van der Waals surface area contributed by atoms with Gasteiger partial charge < -0.3 is 14.1 Å². The number of nitrogens with one attached hydrogen (secondary N) is 1. The number of amides is 2. The molecule has 3 rings (SSSR count). The zero-order valence-corrected chi connectivity index (χ0v) is 16.7. The summed E-state index contributed by atoms with van der Waals surface area (Å²) in [5.74, 6) is 0.514. The minimum atomic E-state index is -0.374.